The molecule has 0 spiro atoms. The number of carbonyl (C=O) groups excluding carboxylic acids is 1. The molecule has 1 saturated heterocycles. The van der Waals surface area contributed by atoms with Crippen LogP contribution in [0.1, 0.15) is 35.4 Å². The van der Waals surface area contributed by atoms with Crippen LogP contribution in [-0.4, -0.2) is 49.4 Å². The topological polar surface area (TPSA) is 41.9 Å². The molecular formula is C28H30N2O2. The van der Waals surface area contributed by atoms with E-state index >= 15 is 0 Å². The predicted molar refractivity (Wildman–Crippen MR) is 129 cm³/mol. The van der Waals surface area contributed by atoms with Crippen molar-refractivity contribution in [3.63, 3.8) is 0 Å². The fraction of sp³-hybridized carbons (Fsp3) is 0.286. The smallest absolute Gasteiger partial charge is 0.331 e. The minimum Gasteiger partial charge on any atom is -0.467 e. The van der Waals surface area contributed by atoms with E-state index in [1.54, 1.807) is 0 Å². The zero-order chi connectivity index (χ0) is 22.2. The van der Waals surface area contributed by atoms with E-state index in [1.165, 1.54) is 12.7 Å². The molecule has 0 bridgehead atoms. The van der Waals surface area contributed by atoms with Crippen molar-refractivity contribution < 1.29 is 9.53 Å². The summed E-state index contributed by atoms with van der Waals surface area (Å²) >= 11 is 0. The third-order valence-corrected chi connectivity index (χ3v) is 6.14. The average molecular weight is 427 g/mol. The van der Waals surface area contributed by atoms with Crippen LogP contribution in [0.3, 0.4) is 0 Å². The summed E-state index contributed by atoms with van der Waals surface area (Å²) in [6, 6.07) is 30.2. The molecular weight excluding hydrogens is 396 g/mol. The molecule has 4 nitrogen and oxygen atoms in total. The van der Waals surface area contributed by atoms with Gasteiger partial charge in [-0.1, -0.05) is 91.0 Å². The fourth-order valence-corrected chi connectivity index (χ4v) is 4.39. The Morgan fingerprint density at radius 3 is 1.88 bits per heavy atom. The van der Waals surface area contributed by atoms with Crippen LogP contribution in [-0.2, 0) is 9.53 Å². The first-order chi connectivity index (χ1) is 15.7. The van der Waals surface area contributed by atoms with Crippen LogP contribution < -0.4 is 0 Å². The zero-order valence-electron chi connectivity index (χ0n) is 18.6. The molecule has 0 aliphatic carbocycles. The van der Waals surface area contributed by atoms with E-state index in [-0.39, 0.29) is 5.97 Å². The Balaban J connectivity index is 1.54. The highest BCUT2D eigenvalue weighted by Crippen LogP contribution is 2.28. The number of nitrogens with zero attached hydrogens (tertiary/aromatic N) is 2. The summed E-state index contributed by atoms with van der Waals surface area (Å²) in [7, 11) is 1.44. The Morgan fingerprint density at radius 1 is 0.875 bits per heavy atom. The van der Waals surface area contributed by atoms with Crippen LogP contribution in [0.15, 0.2) is 96.0 Å². The van der Waals surface area contributed by atoms with Gasteiger partial charge in [0.05, 0.1) is 12.8 Å². The Labute approximate surface area is 190 Å². The van der Waals surface area contributed by atoms with Crippen molar-refractivity contribution in [1.29, 1.82) is 0 Å². The largest absolute Gasteiger partial charge is 0.467 e. The molecule has 3 aromatic carbocycles. The summed E-state index contributed by atoms with van der Waals surface area (Å²) < 4.78 is 5.14. The number of aliphatic imine (C=N–C) groups is 1. The number of rotatable bonds is 7. The van der Waals surface area contributed by atoms with Gasteiger partial charge in [0, 0.05) is 17.7 Å². The summed E-state index contributed by atoms with van der Waals surface area (Å²) in [4.78, 5) is 20.0. The predicted octanol–water partition coefficient (Wildman–Crippen LogP) is 4.95. The van der Waals surface area contributed by atoms with Crippen molar-refractivity contribution in [3.05, 3.63) is 108 Å². The Morgan fingerprint density at radius 2 is 1.38 bits per heavy atom. The molecule has 0 aromatic heterocycles. The van der Waals surface area contributed by atoms with Crippen LogP contribution in [0.2, 0.25) is 0 Å². The summed E-state index contributed by atoms with van der Waals surface area (Å²) in [6.07, 6.45) is 2.18. The Hall–Kier alpha value is -3.24. The van der Waals surface area contributed by atoms with Gasteiger partial charge in [-0.15, -0.1) is 0 Å². The molecule has 0 radical (unpaired) electrons. The number of ether oxygens (including phenoxy) is 1. The standard InChI is InChI=1S/C28H30N2O2/c1-32-28(31)26(21-30-19-17-23(18-20-30)22-11-5-2-6-12-22)29-27(24-13-7-3-8-14-24)25-15-9-4-10-16-25/h2-16,23,26H,17-21H2,1H3. The van der Waals surface area contributed by atoms with E-state index in [0.29, 0.717) is 12.5 Å². The second-order valence-corrected chi connectivity index (χ2v) is 8.23. The quantitative estimate of drug-likeness (QED) is 0.397. The van der Waals surface area contributed by atoms with Crippen LogP contribution >= 0.6 is 0 Å². The number of benzene rings is 3. The van der Waals surface area contributed by atoms with Gasteiger partial charge in [-0.2, -0.15) is 0 Å². The van der Waals surface area contributed by atoms with E-state index < -0.39 is 6.04 Å². The Bertz CT molecular complexity index is 970. The molecule has 1 atom stereocenters. The first-order valence-electron chi connectivity index (χ1n) is 11.3. The lowest BCUT2D eigenvalue weighted by Gasteiger charge is -2.33. The molecule has 4 rings (SSSR count). The molecule has 0 N–H and O–H groups in total. The van der Waals surface area contributed by atoms with Crippen molar-refractivity contribution in [2.45, 2.75) is 24.8 Å². The molecule has 0 amide bonds. The van der Waals surface area contributed by atoms with Gasteiger partial charge in [0.2, 0.25) is 0 Å². The fourth-order valence-electron chi connectivity index (χ4n) is 4.39. The number of piperidine rings is 1. The maximum absolute atomic E-state index is 12.7. The third kappa shape index (κ3) is 5.51. The summed E-state index contributed by atoms with van der Waals surface area (Å²) in [6.45, 7) is 2.47. The summed E-state index contributed by atoms with van der Waals surface area (Å²) in [5.41, 5.74) is 4.22. The molecule has 32 heavy (non-hydrogen) atoms. The molecule has 1 heterocycles. The molecule has 1 aliphatic rings. The van der Waals surface area contributed by atoms with Gasteiger partial charge in [-0.3, -0.25) is 4.99 Å². The van der Waals surface area contributed by atoms with Gasteiger partial charge in [0.1, 0.15) is 0 Å². The lowest BCUT2D eigenvalue weighted by Crippen LogP contribution is -2.41. The molecule has 1 fully saturated rings. The highest BCUT2D eigenvalue weighted by atomic mass is 16.5. The second-order valence-electron chi connectivity index (χ2n) is 8.23. The van der Waals surface area contributed by atoms with Gasteiger partial charge in [-0.05, 0) is 37.4 Å². The normalized spacial score (nSPS) is 15.7. The zero-order valence-corrected chi connectivity index (χ0v) is 18.6. The minimum absolute atomic E-state index is 0.292. The third-order valence-electron chi connectivity index (χ3n) is 6.14. The van der Waals surface area contributed by atoms with Crippen LogP contribution in [0.4, 0.5) is 0 Å². The number of hydrogen-bond donors (Lipinski definition) is 0. The van der Waals surface area contributed by atoms with E-state index in [4.69, 9.17) is 9.73 Å². The minimum atomic E-state index is -0.566. The molecule has 4 heteroatoms. The average Bonchev–Trinajstić information content (AvgIpc) is 2.88. The maximum atomic E-state index is 12.7. The number of hydrogen-bond acceptors (Lipinski definition) is 4. The van der Waals surface area contributed by atoms with Crippen molar-refractivity contribution in [2.75, 3.05) is 26.7 Å². The maximum Gasteiger partial charge on any atom is 0.331 e. The lowest BCUT2D eigenvalue weighted by atomic mass is 9.89. The van der Waals surface area contributed by atoms with Crippen molar-refractivity contribution >= 4 is 11.7 Å². The molecule has 164 valence electrons. The molecule has 1 aliphatic heterocycles. The van der Waals surface area contributed by atoms with E-state index in [0.717, 1.165) is 42.8 Å². The van der Waals surface area contributed by atoms with Crippen molar-refractivity contribution in [3.8, 4) is 0 Å². The van der Waals surface area contributed by atoms with Crippen molar-refractivity contribution in [1.82, 2.24) is 4.90 Å². The van der Waals surface area contributed by atoms with Crippen molar-refractivity contribution in [2.24, 2.45) is 4.99 Å². The number of methoxy groups -OCH3 is 1. The summed E-state index contributed by atoms with van der Waals surface area (Å²) in [5, 5.41) is 0. The van der Waals surface area contributed by atoms with Gasteiger partial charge in [-0.25, -0.2) is 4.79 Å². The molecule has 3 aromatic rings. The molecule has 0 saturated carbocycles. The van der Waals surface area contributed by atoms with Gasteiger partial charge >= 0.3 is 5.97 Å². The highest BCUT2D eigenvalue weighted by Gasteiger charge is 2.27. The van der Waals surface area contributed by atoms with Crippen LogP contribution in [0, 0.1) is 0 Å². The number of carbonyl (C=O) groups is 1. The lowest BCUT2D eigenvalue weighted by molar-refractivity contribution is -0.142. The number of esters is 1. The van der Waals surface area contributed by atoms with Gasteiger partial charge in [0.15, 0.2) is 6.04 Å². The van der Waals surface area contributed by atoms with E-state index in [9.17, 15) is 4.79 Å². The summed E-state index contributed by atoms with van der Waals surface area (Å²) in [5.74, 6) is 0.288. The first kappa shape index (κ1) is 22.0. The second kappa shape index (κ2) is 10.9. The SMILES string of the molecule is COC(=O)C(CN1CCC(c2ccccc2)CC1)N=C(c1ccccc1)c1ccccc1. The molecule has 1 unspecified atom stereocenters. The van der Waals surface area contributed by atoms with E-state index in [2.05, 4.69) is 35.2 Å². The van der Waals surface area contributed by atoms with Crippen LogP contribution in [0.5, 0.6) is 0 Å². The van der Waals surface area contributed by atoms with Gasteiger partial charge < -0.3 is 9.64 Å². The van der Waals surface area contributed by atoms with E-state index in [1.807, 2.05) is 60.7 Å². The number of likely N-dealkylation sites (tertiary alicyclic amines) is 1. The first-order valence-corrected chi connectivity index (χ1v) is 11.3. The highest BCUT2D eigenvalue weighted by molar-refractivity contribution is 6.13. The van der Waals surface area contributed by atoms with Crippen LogP contribution in [0.25, 0.3) is 0 Å². The monoisotopic (exact) mass is 426 g/mol. The Kier molecular flexibility index (Phi) is 7.47. The van der Waals surface area contributed by atoms with Gasteiger partial charge in [0.25, 0.3) is 0 Å².